The van der Waals surface area contributed by atoms with Crippen molar-refractivity contribution in [1.82, 2.24) is 5.32 Å². The molecule has 1 atom stereocenters. The van der Waals surface area contributed by atoms with Crippen LogP contribution in [0.25, 0.3) is 0 Å². The molecule has 0 aromatic heterocycles. The molecular weight excluding hydrogens is 246 g/mol. The molecule has 0 aromatic carbocycles. The summed E-state index contributed by atoms with van der Waals surface area (Å²) in [6.07, 6.45) is 6.68. The summed E-state index contributed by atoms with van der Waals surface area (Å²) >= 11 is 0. The normalized spacial score (nSPS) is 26.5. The van der Waals surface area contributed by atoms with Crippen LogP contribution in [0.15, 0.2) is 0 Å². The highest BCUT2D eigenvalue weighted by Crippen LogP contribution is 2.29. The van der Waals surface area contributed by atoms with Crippen LogP contribution in [0.4, 0.5) is 0 Å². The summed E-state index contributed by atoms with van der Waals surface area (Å²) in [6.45, 7) is 0.628. The van der Waals surface area contributed by atoms with Crippen LogP contribution in [0.5, 0.6) is 0 Å². The summed E-state index contributed by atoms with van der Waals surface area (Å²) in [7, 11) is 1.38. The van der Waals surface area contributed by atoms with Gasteiger partial charge in [-0.1, -0.05) is 25.7 Å². The van der Waals surface area contributed by atoms with Gasteiger partial charge in [0.25, 0.3) is 0 Å². The van der Waals surface area contributed by atoms with Crippen molar-refractivity contribution in [2.45, 2.75) is 63.0 Å². The lowest BCUT2D eigenvalue weighted by Gasteiger charge is -2.31. The minimum Gasteiger partial charge on any atom is -0.467 e. The van der Waals surface area contributed by atoms with Crippen LogP contribution >= 0.6 is 0 Å². The third-order valence-electron chi connectivity index (χ3n) is 4.12. The van der Waals surface area contributed by atoms with E-state index in [1.54, 1.807) is 0 Å². The predicted octanol–water partition coefficient (Wildman–Crippen LogP) is 1.55. The number of carbonyl (C=O) groups is 2. The second-order valence-electron chi connectivity index (χ2n) is 5.48. The maximum atomic E-state index is 12.2. The van der Waals surface area contributed by atoms with E-state index in [9.17, 15) is 9.59 Å². The molecule has 1 unspecified atom stereocenters. The average Bonchev–Trinajstić information content (AvgIpc) is 2.86. The van der Waals surface area contributed by atoms with Crippen molar-refractivity contribution in [2.24, 2.45) is 0 Å². The smallest absolute Gasteiger partial charge is 0.331 e. The zero-order valence-corrected chi connectivity index (χ0v) is 11.6. The molecular formula is C14H23NO4. The number of esters is 1. The van der Waals surface area contributed by atoms with E-state index < -0.39 is 11.6 Å². The van der Waals surface area contributed by atoms with Gasteiger partial charge in [0.2, 0.25) is 5.91 Å². The molecule has 0 aromatic rings. The Morgan fingerprint density at radius 3 is 2.37 bits per heavy atom. The van der Waals surface area contributed by atoms with Gasteiger partial charge in [0, 0.05) is 6.61 Å². The summed E-state index contributed by atoms with van der Waals surface area (Å²) in [6, 6.07) is 0. The Labute approximate surface area is 114 Å². The number of hydrogen-bond donors (Lipinski definition) is 1. The van der Waals surface area contributed by atoms with Crippen LogP contribution in [0.3, 0.4) is 0 Å². The molecule has 1 amide bonds. The van der Waals surface area contributed by atoms with Crippen LogP contribution in [0, 0.1) is 0 Å². The highest BCUT2D eigenvalue weighted by molar-refractivity contribution is 5.90. The van der Waals surface area contributed by atoms with Gasteiger partial charge in [-0.05, 0) is 25.7 Å². The van der Waals surface area contributed by atoms with E-state index in [-0.39, 0.29) is 11.9 Å². The van der Waals surface area contributed by atoms with E-state index in [0.717, 1.165) is 38.5 Å². The van der Waals surface area contributed by atoms with Crippen LogP contribution < -0.4 is 5.32 Å². The van der Waals surface area contributed by atoms with Gasteiger partial charge in [0.05, 0.1) is 7.11 Å². The number of methoxy groups -OCH3 is 1. The van der Waals surface area contributed by atoms with Gasteiger partial charge < -0.3 is 14.8 Å². The average molecular weight is 269 g/mol. The minimum atomic E-state index is -0.839. The highest BCUT2D eigenvalue weighted by atomic mass is 16.5. The first-order valence-corrected chi connectivity index (χ1v) is 7.20. The van der Waals surface area contributed by atoms with Gasteiger partial charge in [0.15, 0.2) is 0 Å². The van der Waals surface area contributed by atoms with E-state index in [1.807, 2.05) is 0 Å². The fourth-order valence-corrected chi connectivity index (χ4v) is 3.01. The topological polar surface area (TPSA) is 64.6 Å². The molecule has 5 heteroatoms. The minimum absolute atomic E-state index is 0.162. The third-order valence-corrected chi connectivity index (χ3v) is 4.12. The van der Waals surface area contributed by atoms with Gasteiger partial charge in [0.1, 0.15) is 11.6 Å². The Morgan fingerprint density at radius 2 is 1.84 bits per heavy atom. The predicted molar refractivity (Wildman–Crippen MR) is 69.6 cm³/mol. The first-order valence-electron chi connectivity index (χ1n) is 7.20. The van der Waals surface area contributed by atoms with Crippen molar-refractivity contribution >= 4 is 11.9 Å². The van der Waals surface area contributed by atoms with Gasteiger partial charge in [-0.15, -0.1) is 0 Å². The Kier molecular flexibility index (Phi) is 4.80. The van der Waals surface area contributed by atoms with E-state index in [2.05, 4.69) is 5.32 Å². The SMILES string of the molecule is COC(=O)C1(NC(=O)C2CCCO2)CCCCCC1. The molecule has 0 radical (unpaired) electrons. The molecule has 1 saturated carbocycles. The van der Waals surface area contributed by atoms with Crippen molar-refractivity contribution < 1.29 is 19.1 Å². The first kappa shape index (κ1) is 14.3. The van der Waals surface area contributed by atoms with E-state index in [0.29, 0.717) is 19.4 Å². The fraction of sp³-hybridized carbons (Fsp3) is 0.857. The molecule has 1 aliphatic heterocycles. The third kappa shape index (κ3) is 3.26. The molecule has 5 nitrogen and oxygen atoms in total. The molecule has 0 bridgehead atoms. The van der Waals surface area contributed by atoms with E-state index in [1.165, 1.54) is 7.11 Å². The molecule has 2 rings (SSSR count). The first-order chi connectivity index (χ1) is 9.18. The lowest BCUT2D eigenvalue weighted by Crippen LogP contribution is -2.57. The molecule has 1 saturated heterocycles. The Bertz CT molecular complexity index is 328. The van der Waals surface area contributed by atoms with Gasteiger partial charge in [-0.25, -0.2) is 4.79 Å². The van der Waals surface area contributed by atoms with Crippen LogP contribution in [0.1, 0.15) is 51.4 Å². The van der Waals surface area contributed by atoms with Crippen molar-refractivity contribution in [3.05, 3.63) is 0 Å². The Morgan fingerprint density at radius 1 is 1.16 bits per heavy atom. The molecule has 19 heavy (non-hydrogen) atoms. The maximum absolute atomic E-state index is 12.2. The number of hydrogen-bond acceptors (Lipinski definition) is 4. The lowest BCUT2D eigenvalue weighted by molar-refractivity contribution is -0.153. The number of amides is 1. The van der Waals surface area contributed by atoms with E-state index >= 15 is 0 Å². The van der Waals surface area contributed by atoms with Gasteiger partial charge >= 0.3 is 5.97 Å². The zero-order chi connectivity index (χ0) is 13.7. The zero-order valence-electron chi connectivity index (χ0n) is 11.6. The molecule has 0 spiro atoms. The Balaban J connectivity index is 2.07. The molecule has 2 aliphatic rings. The monoisotopic (exact) mass is 269 g/mol. The summed E-state index contributed by atoms with van der Waals surface area (Å²) in [5, 5.41) is 2.93. The summed E-state index contributed by atoms with van der Waals surface area (Å²) in [4.78, 5) is 24.3. The Hall–Kier alpha value is -1.10. The van der Waals surface area contributed by atoms with Crippen molar-refractivity contribution in [3.8, 4) is 0 Å². The van der Waals surface area contributed by atoms with Crippen LogP contribution in [-0.2, 0) is 19.1 Å². The highest BCUT2D eigenvalue weighted by Gasteiger charge is 2.42. The van der Waals surface area contributed by atoms with E-state index in [4.69, 9.17) is 9.47 Å². The number of carbonyl (C=O) groups excluding carboxylic acids is 2. The number of rotatable bonds is 3. The van der Waals surface area contributed by atoms with Crippen molar-refractivity contribution in [1.29, 1.82) is 0 Å². The quantitative estimate of drug-likeness (QED) is 0.623. The summed E-state index contributed by atoms with van der Waals surface area (Å²) < 4.78 is 10.3. The second-order valence-corrected chi connectivity index (χ2v) is 5.48. The largest absolute Gasteiger partial charge is 0.467 e. The van der Waals surface area contributed by atoms with Gasteiger partial charge in [-0.3, -0.25) is 4.79 Å². The molecule has 1 heterocycles. The van der Waals surface area contributed by atoms with Crippen LogP contribution in [0.2, 0.25) is 0 Å². The lowest BCUT2D eigenvalue weighted by atomic mass is 9.89. The summed E-state index contributed by atoms with van der Waals surface area (Å²) in [5.74, 6) is -0.481. The second kappa shape index (κ2) is 6.37. The molecule has 108 valence electrons. The van der Waals surface area contributed by atoms with Gasteiger partial charge in [-0.2, -0.15) is 0 Å². The standard InChI is InChI=1S/C14H23NO4/c1-18-13(17)14(8-4-2-3-5-9-14)15-12(16)11-7-6-10-19-11/h11H,2-10H2,1H3,(H,15,16). The number of ether oxygens (including phenoxy) is 2. The van der Waals surface area contributed by atoms with Crippen molar-refractivity contribution in [3.63, 3.8) is 0 Å². The number of nitrogens with one attached hydrogen (secondary N) is 1. The van der Waals surface area contributed by atoms with Crippen molar-refractivity contribution in [2.75, 3.05) is 13.7 Å². The van der Waals surface area contributed by atoms with Crippen LogP contribution in [-0.4, -0.2) is 37.2 Å². The fourth-order valence-electron chi connectivity index (χ4n) is 3.01. The maximum Gasteiger partial charge on any atom is 0.331 e. The summed E-state index contributed by atoms with van der Waals surface area (Å²) in [5.41, 5.74) is -0.839. The molecule has 1 N–H and O–H groups in total. The molecule has 2 fully saturated rings. The molecule has 1 aliphatic carbocycles.